The molecule has 1 heterocycles. The first kappa shape index (κ1) is 19.5. The maximum Gasteiger partial charge on any atom is 0.264 e. The molecule has 3 N–H and O–H groups in total. The molecule has 9 heteroatoms. The summed E-state index contributed by atoms with van der Waals surface area (Å²) < 4.78 is 27.1. The smallest absolute Gasteiger partial charge is 0.264 e. The van der Waals surface area contributed by atoms with Gasteiger partial charge in [0.05, 0.1) is 4.90 Å². The second-order valence-corrected chi connectivity index (χ2v) is 8.85. The van der Waals surface area contributed by atoms with Crippen LogP contribution < -0.4 is 15.4 Å². The standard InChI is InChI=1S/C18H23N5O2S2/c1-13-3-5-14(6-4-13)21-18(26)22-15-7-9-16(10-8-15)27(24,25)23-17-19-11-2-12-20-17/h2,7-14H,3-6H2,1H3,(H,19,20,23)(H2,21,22,26). The third-order valence-electron chi connectivity index (χ3n) is 4.56. The summed E-state index contributed by atoms with van der Waals surface area (Å²) in [7, 11) is -3.74. The summed E-state index contributed by atoms with van der Waals surface area (Å²) in [6.45, 7) is 2.28. The van der Waals surface area contributed by atoms with E-state index >= 15 is 0 Å². The normalized spacial score (nSPS) is 19.9. The molecular weight excluding hydrogens is 382 g/mol. The van der Waals surface area contributed by atoms with Crippen molar-refractivity contribution in [1.82, 2.24) is 15.3 Å². The van der Waals surface area contributed by atoms with E-state index in [2.05, 4.69) is 32.2 Å². The fourth-order valence-corrected chi connectivity index (χ4v) is 4.25. The summed E-state index contributed by atoms with van der Waals surface area (Å²) in [6, 6.07) is 8.39. The van der Waals surface area contributed by atoms with Gasteiger partial charge in [-0.3, -0.25) is 0 Å². The molecule has 7 nitrogen and oxygen atoms in total. The van der Waals surface area contributed by atoms with E-state index < -0.39 is 10.0 Å². The Hall–Kier alpha value is -2.26. The van der Waals surface area contributed by atoms with Gasteiger partial charge >= 0.3 is 0 Å². The van der Waals surface area contributed by atoms with Gasteiger partial charge in [-0.25, -0.2) is 23.1 Å². The first-order chi connectivity index (χ1) is 12.9. The number of benzene rings is 1. The Kier molecular flexibility index (Phi) is 6.22. The lowest BCUT2D eigenvalue weighted by Gasteiger charge is -2.28. The molecular formula is C18H23N5O2S2. The number of aromatic nitrogens is 2. The average molecular weight is 406 g/mol. The number of thiocarbonyl (C=S) groups is 1. The van der Waals surface area contributed by atoms with Crippen molar-refractivity contribution in [3.05, 3.63) is 42.7 Å². The lowest BCUT2D eigenvalue weighted by molar-refractivity contribution is 0.332. The van der Waals surface area contributed by atoms with Crippen molar-refractivity contribution in [2.75, 3.05) is 10.0 Å². The van der Waals surface area contributed by atoms with Crippen molar-refractivity contribution >= 4 is 39.0 Å². The second kappa shape index (κ2) is 8.62. The highest BCUT2D eigenvalue weighted by Gasteiger charge is 2.19. The highest BCUT2D eigenvalue weighted by molar-refractivity contribution is 7.92. The first-order valence-electron chi connectivity index (χ1n) is 8.90. The van der Waals surface area contributed by atoms with E-state index in [9.17, 15) is 8.42 Å². The molecule has 0 atom stereocenters. The number of nitrogens with one attached hydrogen (secondary N) is 3. The van der Waals surface area contributed by atoms with Crippen LogP contribution in [-0.4, -0.2) is 29.5 Å². The van der Waals surface area contributed by atoms with Gasteiger partial charge in [0.2, 0.25) is 5.95 Å². The molecule has 1 aromatic carbocycles. The van der Waals surface area contributed by atoms with Crippen LogP contribution in [0.1, 0.15) is 32.6 Å². The Balaban J connectivity index is 1.57. The van der Waals surface area contributed by atoms with Crippen LogP contribution in [0.15, 0.2) is 47.6 Å². The van der Waals surface area contributed by atoms with E-state index in [1.54, 1.807) is 18.2 Å². The summed E-state index contributed by atoms with van der Waals surface area (Å²) in [6.07, 6.45) is 7.61. The Morgan fingerprint density at radius 1 is 1.07 bits per heavy atom. The van der Waals surface area contributed by atoms with Crippen LogP contribution in [0.25, 0.3) is 0 Å². The van der Waals surface area contributed by atoms with Gasteiger partial charge in [-0.1, -0.05) is 6.92 Å². The van der Waals surface area contributed by atoms with Crippen LogP contribution in [0.3, 0.4) is 0 Å². The summed E-state index contributed by atoms with van der Waals surface area (Å²) in [5.41, 5.74) is 0.728. The number of rotatable bonds is 5. The van der Waals surface area contributed by atoms with Crippen LogP contribution in [0.2, 0.25) is 0 Å². The molecule has 3 rings (SSSR count). The van der Waals surface area contributed by atoms with Crippen molar-refractivity contribution in [3.63, 3.8) is 0 Å². The van der Waals surface area contributed by atoms with Crippen LogP contribution >= 0.6 is 12.2 Å². The maximum absolute atomic E-state index is 12.4. The fourth-order valence-electron chi connectivity index (χ4n) is 3.01. The van der Waals surface area contributed by atoms with Gasteiger partial charge in [-0.15, -0.1) is 0 Å². The molecule has 0 aliphatic heterocycles. The van der Waals surface area contributed by atoms with E-state index in [0.717, 1.165) is 24.4 Å². The van der Waals surface area contributed by atoms with Crippen LogP contribution in [0.4, 0.5) is 11.6 Å². The SMILES string of the molecule is CC1CCC(NC(=S)Nc2ccc(S(=O)(=O)Nc3ncccn3)cc2)CC1. The second-order valence-electron chi connectivity index (χ2n) is 6.76. The summed E-state index contributed by atoms with van der Waals surface area (Å²) in [5, 5.41) is 7.00. The maximum atomic E-state index is 12.4. The zero-order chi connectivity index (χ0) is 19.3. The quantitative estimate of drug-likeness (QED) is 0.658. The zero-order valence-corrected chi connectivity index (χ0v) is 16.7. The minimum atomic E-state index is -3.74. The number of sulfonamides is 1. The molecule has 0 amide bonds. The molecule has 144 valence electrons. The Morgan fingerprint density at radius 2 is 1.70 bits per heavy atom. The van der Waals surface area contributed by atoms with Gasteiger partial charge in [0.15, 0.2) is 5.11 Å². The van der Waals surface area contributed by atoms with E-state index in [1.807, 2.05) is 0 Å². The van der Waals surface area contributed by atoms with E-state index in [-0.39, 0.29) is 10.8 Å². The molecule has 2 aromatic rings. The number of anilines is 2. The van der Waals surface area contributed by atoms with Crippen molar-refractivity contribution in [3.8, 4) is 0 Å². The van der Waals surface area contributed by atoms with Crippen LogP contribution in [0, 0.1) is 5.92 Å². The highest BCUT2D eigenvalue weighted by Crippen LogP contribution is 2.23. The summed E-state index contributed by atoms with van der Waals surface area (Å²) in [4.78, 5) is 7.86. The molecule has 1 fully saturated rings. The van der Waals surface area contributed by atoms with Crippen molar-refractivity contribution in [2.45, 2.75) is 43.5 Å². The average Bonchev–Trinajstić information content (AvgIpc) is 2.64. The van der Waals surface area contributed by atoms with Crippen molar-refractivity contribution < 1.29 is 8.42 Å². The van der Waals surface area contributed by atoms with E-state index in [1.165, 1.54) is 37.4 Å². The molecule has 0 unspecified atom stereocenters. The monoisotopic (exact) mass is 405 g/mol. The minimum absolute atomic E-state index is 0.0341. The third kappa shape index (κ3) is 5.61. The van der Waals surface area contributed by atoms with Crippen LogP contribution in [0.5, 0.6) is 0 Å². The molecule has 0 radical (unpaired) electrons. The third-order valence-corrected chi connectivity index (χ3v) is 6.13. The fraction of sp³-hybridized carbons (Fsp3) is 0.389. The predicted octanol–water partition coefficient (Wildman–Crippen LogP) is 3.14. The highest BCUT2D eigenvalue weighted by atomic mass is 32.2. The first-order valence-corrected chi connectivity index (χ1v) is 10.8. The largest absolute Gasteiger partial charge is 0.360 e. The van der Waals surface area contributed by atoms with Gasteiger partial charge in [-0.2, -0.15) is 0 Å². The molecule has 0 saturated heterocycles. The summed E-state index contributed by atoms with van der Waals surface area (Å²) in [5.74, 6) is 0.820. The molecule has 0 bridgehead atoms. The van der Waals surface area contributed by atoms with Gasteiger partial charge in [0, 0.05) is 24.1 Å². The Bertz CT molecular complexity index is 864. The molecule has 1 aliphatic carbocycles. The zero-order valence-electron chi connectivity index (χ0n) is 15.1. The number of nitrogens with zero attached hydrogens (tertiary/aromatic N) is 2. The summed E-state index contributed by atoms with van der Waals surface area (Å²) >= 11 is 5.37. The molecule has 27 heavy (non-hydrogen) atoms. The van der Waals surface area contributed by atoms with Crippen molar-refractivity contribution in [2.24, 2.45) is 5.92 Å². The van der Waals surface area contributed by atoms with Gasteiger partial charge in [-0.05, 0) is 74.2 Å². The minimum Gasteiger partial charge on any atom is -0.360 e. The molecule has 0 spiro atoms. The van der Waals surface area contributed by atoms with E-state index in [0.29, 0.717) is 11.2 Å². The van der Waals surface area contributed by atoms with Gasteiger partial charge < -0.3 is 10.6 Å². The lowest BCUT2D eigenvalue weighted by Crippen LogP contribution is -2.39. The predicted molar refractivity (Wildman–Crippen MR) is 110 cm³/mol. The van der Waals surface area contributed by atoms with Gasteiger partial charge in [0.1, 0.15) is 0 Å². The van der Waals surface area contributed by atoms with Crippen molar-refractivity contribution in [1.29, 1.82) is 0 Å². The van der Waals surface area contributed by atoms with Crippen LogP contribution in [-0.2, 0) is 10.0 Å². The topological polar surface area (TPSA) is 96.0 Å². The molecule has 1 aliphatic rings. The van der Waals surface area contributed by atoms with E-state index in [4.69, 9.17) is 12.2 Å². The van der Waals surface area contributed by atoms with Gasteiger partial charge in [0.25, 0.3) is 10.0 Å². The Labute approximate surface area is 165 Å². The Morgan fingerprint density at radius 3 is 2.33 bits per heavy atom. The number of hydrogen-bond acceptors (Lipinski definition) is 5. The molecule has 1 aromatic heterocycles. The lowest BCUT2D eigenvalue weighted by atomic mass is 9.87. The number of hydrogen-bond donors (Lipinski definition) is 3. The molecule has 1 saturated carbocycles.